The Balaban J connectivity index is 3.17. The van der Waals surface area contributed by atoms with Crippen LogP contribution >= 0.6 is 11.8 Å². The normalized spacial score (nSPS) is 11.3. The van der Waals surface area contributed by atoms with Crippen molar-refractivity contribution in [3.63, 3.8) is 0 Å². The van der Waals surface area contributed by atoms with E-state index in [-0.39, 0.29) is 5.91 Å². The first-order valence-corrected chi connectivity index (χ1v) is 5.93. The molecule has 0 aliphatic rings. The molecule has 1 rings (SSSR count). The van der Waals surface area contributed by atoms with Crippen molar-refractivity contribution >= 4 is 22.6 Å². The number of allylic oxidation sites excluding steroid dienone is 1. The fourth-order valence-electron chi connectivity index (χ4n) is 1.27. The van der Waals surface area contributed by atoms with E-state index in [4.69, 9.17) is 5.26 Å². The van der Waals surface area contributed by atoms with Crippen molar-refractivity contribution in [3.05, 3.63) is 41.6 Å². The van der Waals surface area contributed by atoms with Crippen LogP contribution < -0.4 is 5.32 Å². The van der Waals surface area contributed by atoms with Crippen LogP contribution in [0.3, 0.4) is 0 Å². The van der Waals surface area contributed by atoms with Gasteiger partial charge in [0.15, 0.2) is 0 Å². The SMILES string of the molecule is CSC(=C(C#N)NC(C)=O)c1ccccc1. The van der Waals surface area contributed by atoms with Crippen LogP contribution in [0.15, 0.2) is 36.0 Å². The topological polar surface area (TPSA) is 52.9 Å². The highest BCUT2D eigenvalue weighted by Crippen LogP contribution is 2.27. The van der Waals surface area contributed by atoms with Gasteiger partial charge in [-0.3, -0.25) is 4.79 Å². The number of carbonyl (C=O) groups is 1. The Hall–Kier alpha value is -1.73. The smallest absolute Gasteiger partial charge is 0.221 e. The number of nitrogens with one attached hydrogen (secondary N) is 1. The van der Waals surface area contributed by atoms with E-state index in [0.717, 1.165) is 10.5 Å². The van der Waals surface area contributed by atoms with Crippen LogP contribution in [0.2, 0.25) is 0 Å². The van der Waals surface area contributed by atoms with Gasteiger partial charge in [-0.1, -0.05) is 30.3 Å². The number of hydrogen-bond donors (Lipinski definition) is 1. The predicted molar refractivity (Wildman–Crippen MR) is 66.3 cm³/mol. The summed E-state index contributed by atoms with van der Waals surface area (Å²) in [6.07, 6.45) is 1.88. The summed E-state index contributed by atoms with van der Waals surface area (Å²) in [5, 5.41) is 11.5. The summed E-state index contributed by atoms with van der Waals surface area (Å²) in [7, 11) is 0. The number of benzene rings is 1. The minimum absolute atomic E-state index is 0.237. The fraction of sp³-hybridized carbons (Fsp3) is 0.167. The number of rotatable bonds is 3. The molecule has 0 radical (unpaired) electrons. The van der Waals surface area contributed by atoms with Crippen LogP contribution in [-0.2, 0) is 4.79 Å². The summed E-state index contributed by atoms with van der Waals surface area (Å²) in [6, 6.07) is 11.5. The molecule has 16 heavy (non-hydrogen) atoms. The van der Waals surface area contributed by atoms with Gasteiger partial charge in [0.1, 0.15) is 11.8 Å². The first kappa shape index (κ1) is 12.3. The molecule has 1 aromatic carbocycles. The van der Waals surface area contributed by atoms with Crippen molar-refractivity contribution < 1.29 is 4.79 Å². The third-order valence-electron chi connectivity index (χ3n) is 1.88. The molecular weight excluding hydrogens is 220 g/mol. The van der Waals surface area contributed by atoms with Gasteiger partial charge in [0.2, 0.25) is 5.91 Å². The third-order valence-corrected chi connectivity index (χ3v) is 2.73. The Morgan fingerprint density at radius 1 is 1.38 bits per heavy atom. The molecule has 0 saturated heterocycles. The van der Waals surface area contributed by atoms with Gasteiger partial charge in [-0.15, -0.1) is 11.8 Å². The second-order valence-corrected chi connectivity index (χ2v) is 3.88. The lowest BCUT2D eigenvalue weighted by Crippen LogP contribution is -2.19. The van der Waals surface area contributed by atoms with E-state index in [2.05, 4.69) is 5.32 Å². The van der Waals surface area contributed by atoms with E-state index in [9.17, 15) is 4.79 Å². The zero-order valence-corrected chi connectivity index (χ0v) is 9.97. The number of nitrogens with zero attached hydrogens (tertiary/aromatic N) is 1. The van der Waals surface area contributed by atoms with E-state index >= 15 is 0 Å². The molecule has 0 bridgehead atoms. The average Bonchev–Trinajstić information content (AvgIpc) is 2.29. The zero-order valence-electron chi connectivity index (χ0n) is 9.15. The molecule has 3 nitrogen and oxygen atoms in total. The quantitative estimate of drug-likeness (QED) is 0.814. The van der Waals surface area contributed by atoms with Crippen LogP contribution in [0.5, 0.6) is 0 Å². The maximum atomic E-state index is 11.0. The van der Waals surface area contributed by atoms with Crippen LogP contribution in [0.25, 0.3) is 4.91 Å². The zero-order chi connectivity index (χ0) is 12.0. The molecule has 1 amide bonds. The number of amides is 1. The number of thioether (sulfide) groups is 1. The van der Waals surface area contributed by atoms with Gasteiger partial charge in [-0.2, -0.15) is 5.26 Å². The maximum absolute atomic E-state index is 11.0. The minimum atomic E-state index is -0.237. The van der Waals surface area contributed by atoms with Crippen molar-refractivity contribution in [2.45, 2.75) is 6.92 Å². The first-order chi connectivity index (χ1) is 7.69. The predicted octanol–water partition coefficient (Wildman–Crippen LogP) is 2.38. The van der Waals surface area contributed by atoms with E-state index in [1.165, 1.54) is 18.7 Å². The lowest BCUT2D eigenvalue weighted by Gasteiger charge is -2.08. The van der Waals surface area contributed by atoms with E-state index in [1.54, 1.807) is 0 Å². The Morgan fingerprint density at radius 2 is 2.00 bits per heavy atom. The summed E-state index contributed by atoms with van der Waals surface area (Å²) in [4.78, 5) is 11.7. The van der Waals surface area contributed by atoms with Gasteiger partial charge in [0.05, 0.1) is 0 Å². The highest BCUT2D eigenvalue weighted by Gasteiger charge is 2.09. The van der Waals surface area contributed by atoms with Gasteiger partial charge in [-0.25, -0.2) is 0 Å². The monoisotopic (exact) mass is 232 g/mol. The molecule has 0 fully saturated rings. The minimum Gasteiger partial charge on any atom is -0.317 e. The molecule has 0 spiro atoms. The largest absolute Gasteiger partial charge is 0.317 e. The summed E-state index contributed by atoms with van der Waals surface area (Å²) in [6.45, 7) is 1.39. The summed E-state index contributed by atoms with van der Waals surface area (Å²) >= 11 is 1.44. The number of carbonyl (C=O) groups excluding carboxylic acids is 1. The molecule has 0 atom stereocenters. The molecule has 0 aliphatic heterocycles. The van der Waals surface area contributed by atoms with E-state index in [0.29, 0.717) is 5.70 Å². The average molecular weight is 232 g/mol. The summed E-state index contributed by atoms with van der Waals surface area (Å²) in [5.74, 6) is -0.237. The van der Waals surface area contributed by atoms with Crippen molar-refractivity contribution in [2.75, 3.05) is 6.26 Å². The Labute approximate surface area is 99.2 Å². The number of hydrogen-bond acceptors (Lipinski definition) is 3. The molecule has 1 aromatic rings. The lowest BCUT2D eigenvalue weighted by molar-refractivity contribution is -0.118. The Morgan fingerprint density at radius 3 is 2.44 bits per heavy atom. The van der Waals surface area contributed by atoms with Crippen LogP contribution in [0.1, 0.15) is 12.5 Å². The summed E-state index contributed by atoms with van der Waals surface area (Å²) < 4.78 is 0. The second kappa shape index (κ2) is 5.99. The van der Waals surface area contributed by atoms with E-state index in [1.807, 2.05) is 42.7 Å². The van der Waals surface area contributed by atoms with Crippen LogP contribution in [-0.4, -0.2) is 12.2 Å². The second-order valence-electron chi connectivity index (χ2n) is 3.07. The molecule has 82 valence electrons. The van der Waals surface area contributed by atoms with Gasteiger partial charge < -0.3 is 5.32 Å². The highest BCUT2D eigenvalue weighted by molar-refractivity contribution is 8.07. The van der Waals surface area contributed by atoms with Gasteiger partial charge in [-0.05, 0) is 11.8 Å². The molecule has 4 heteroatoms. The first-order valence-electron chi connectivity index (χ1n) is 4.70. The Kier molecular flexibility index (Phi) is 4.62. The molecule has 1 N–H and O–H groups in total. The van der Waals surface area contributed by atoms with E-state index < -0.39 is 0 Å². The summed E-state index contributed by atoms with van der Waals surface area (Å²) in [5.41, 5.74) is 1.23. The van der Waals surface area contributed by atoms with Gasteiger partial charge in [0.25, 0.3) is 0 Å². The lowest BCUT2D eigenvalue weighted by atomic mass is 10.2. The molecular formula is C12H12N2OS. The van der Waals surface area contributed by atoms with Crippen LogP contribution in [0.4, 0.5) is 0 Å². The van der Waals surface area contributed by atoms with Gasteiger partial charge in [0, 0.05) is 11.8 Å². The Bertz CT molecular complexity index is 446. The molecule has 0 unspecified atom stereocenters. The third kappa shape index (κ3) is 3.14. The molecule has 0 saturated carbocycles. The van der Waals surface area contributed by atoms with Crippen molar-refractivity contribution in [2.24, 2.45) is 0 Å². The molecule has 0 aromatic heterocycles. The molecule has 0 heterocycles. The molecule has 0 aliphatic carbocycles. The number of nitriles is 1. The standard InChI is InChI=1S/C12H12N2OS/c1-9(15)14-11(8-13)12(16-2)10-6-4-3-5-7-10/h3-7H,1-2H3,(H,14,15). The fourth-order valence-corrected chi connectivity index (χ4v) is 1.94. The van der Waals surface area contributed by atoms with Crippen molar-refractivity contribution in [1.29, 1.82) is 5.26 Å². The highest BCUT2D eigenvalue weighted by atomic mass is 32.2. The van der Waals surface area contributed by atoms with Gasteiger partial charge >= 0.3 is 0 Å². The maximum Gasteiger partial charge on any atom is 0.221 e. The van der Waals surface area contributed by atoms with Crippen LogP contribution in [0, 0.1) is 11.3 Å². The van der Waals surface area contributed by atoms with Crippen molar-refractivity contribution in [3.8, 4) is 6.07 Å². The van der Waals surface area contributed by atoms with Crippen molar-refractivity contribution in [1.82, 2.24) is 5.32 Å².